The second-order valence-corrected chi connectivity index (χ2v) is 8.04. The number of hydrogen-bond donors (Lipinski definition) is 1. The summed E-state index contributed by atoms with van der Waals surface area (Å²) in [5, 5.41) is 10.2. The van der Waals surface area contributed by atoms with Gasteiger partial charge in [0.15, 0.2) is 17.4 Å². The van der Waals surface area contributed by atoms with Crippen molar-refractivity contribution in [2.24, 2.45) is 10.9 Å². The quantitative estimate of drug-likeness (QED) is 0.776. The van der Waals surface area contributed by atoms with E-state index in [0.29, 0.717) is 16.4 Å². The van der Waals surface area contributed by atoms with Crippen molar-refractivity contribution in [3.05, 3.63) is 71.3 Å². The predicted molar refractivity (Wildman–Crippen MR) is 104 cm³/mol. The number of thioether (sulfide) groups is 1. The number of rotatable bonds is 5. The third kappa shape index (κ3) is 3.27. The summed E-state index contributed by atoms with van der Waals surface area (Å²) in [4.78, 5) is 17.3. The Morgan fingerprint density at radius 3 is 2.75 bits per heavy atom. The summed E-state index contributed by atoms with van der Waals surface area (Å²) >= 11 is 1.41. The van der Waals surface area contributed by atoms with Crippen LogP contribution >= 0.6 is 11.8 Å². The number of Topliss-reactive ketones (excluding diaryl/α,β-unsaturated/α-hetero) is 1. The van der Waals surface area contributed by atoms with E-state index in [1.54, 1.807) is 24.3 Å². The Morgan fingerprint density at radius 1 is 1.21 bits per heavy atom. The fraction of sp³-hybridized carbons (Fsp3) is 0.333. The van der Waals surface area contributed by atoms with Gasteiger partial charge in [-0.25, -0.2) is 8.78 Å². The largest absolute Gasteiger partial charge is 0.394 e. The fourth-order valence-electron chi connectivity index (χ4n) is 3.88. The van der Waals surface area contributed by atoms with Crippen LogP contribution in [0.15, 0.2) is 53.5 Å². The molecule has 0 unspecified atom stereocenters. The van der Waals surface area contributed by atoms with Crippen LogP contribution in [0, 0.1) is 17.6 Å². The zero-order valence-corrected chi connectivity index (χ0v) is 15.8. The first-order valence-corrected chi connectivity index (χ1v) is 10.0. The number of ketones is 1. The van der Waals surface area contributed by atoms with Crippen molar-refractivity contribution in [3.8, 4) is 0 Å². The van der Waals surface area contributed by atoms with Crippen LogP contribution < -0.4 is 0 Å². The Balaban J connectivity index is 1.73. The molecule has 1 N–H and O–H groups in total. The topological polar surface area (TPSA) is 58.9 Å². The zero-order valence-electron chi connectivity index (χ0n) is 15.0. The number of aliphatic imine (C=N–C) groups is 1. The van der Waals surface area contributed by atoms with Crippen LogP contribution in [-0.2, 0) is 10.3 Å². The van der Waals surface area contributed by atoms with Gasteiger partial charge in [-0.15, -0.1) is 11.8 Å². The van der Waals surface area contributed by atoms with E-state index in [1.165, 1.54) is 23.9 Å². The van der Waals surface area contributed by atoms with Crippen molar-refractivity contribution in [1.29, 1.82) is 0 Å². The molecule has 1 saturated heterocycles. The molecule has 2 aromatic rings. The molecule has 146 valence electrons. The lowest BCUT2D eigenvalue weighted by molar-refractivity contribution is 0.0436. The van der Waals surface area contributed by atoms with Gasteiger partial charge in [0.2, 0.25) is 0 Å². The highest BCUT2D eigenvalue weighted by Crippen LogP contribution is 2.49. The number of benzene rings is 2. The maximum atomic E-state index is 14.7. The van der Waals surface area contributed by atoms with E-state index in [2.05, 4.69) is 0 Å². The van der Waals surface area contributed by atoms with Gasteiger partial charge in [0.05, 0.1) is 30.8 Å². The molecule has 4 rings (SSSR count). The van der Waals surface area contributed by atoms with E-state index in [1.807, 2.05) is 6.07 Å². The lowest BCUT2D eigenvalue weighted by atomic mass is 9.78. The number of carbonyl (C=O) groups excluding carboxylic acids is 1. The molecule has 1 fully saturated rings. The van der Waals surface area contributed by atoms with Gasteiger partial charge in [-0.05, 0) is 6.07 Å². The maximum Gasteiger partial charge on any atom is 0.169 e. The minimum absolute atomic E-state index is 0.0346. The highest BCUT2D eigenvalue weighted by molar-refractivity contribution is 8.14. The lowest BCUT2D eigenvalue weighted by Gasteiger charge is -2.36. The van der Waals surface area contributed by atoms with Crippen molar-refractivity contribution < 1.29 is 23.4 Å². The number of fused-ring (bicyclic) bond motifs is 1. The Bertz CT molecular complexity index is 921. The molecule has 3 atom stereocenters. The third-order valence-corrected chi connectivity index (χ3v) is 6.43. The molecule has 0 aromatic heterocycles. The number of nitrogens with zero attached hydrogens (tertiary/aromatic N) is 1. The number of ether oxygens (including phenoxy) is 1. The van der Waals surface area contributed by atoms with E-state index in [9.17, 15) is 18.7 Å². The summed E-state index contributed by atoms with van der Waals surface area (Å²) < 4.78 is 34.3. The number of aliphatic hydroxyl groups excluding tert-OH is 1. The Labute approximate surface area is 165 Å². The molecule has 0 spiro atoms. The van der Waals surface area contributed by atoms with Gasteiger partial charge in [-0.3, -0.25) is 9.79 Å². The van der Waals surface area contributed by atoms with Crippen molar-refractivity contribution in [2.75, 3.05) is 19.0 Å². The molecule has 2 aromatic carbocycles. The second-order valence-electron chi connectivity index (χ2n) is 6.95. The standard InChI is InChI=1S/C21H19F2NO3S/c22-16-8-4-7-14(20(16)23)21-12-27-18(10-25)15(21)11-28-19(24-21)9-17(26)13-5-2-1-3-6-13/h1-8,15,18,25H,9-12H2/t15-,18-,21-/m1/s1. The van der Waals surface area contributed by atoms with E-state index in [-0.39, 0.29) is 36.9 Å². The molecule has 2 aliphatic heterocycles. The van der Waals surface area contributed by atoms with E-state index in [0.717, 1.165) is 6.07 Å². The first-order chi connectivity index (χ1) is 13.5. The summed E-state index contributed by atoms with van der Waals surface area (Å²) in [5.41, 5.74) is -0.454. The molecule has 7 heteroatoms. The molecular weight excluding hydrogens is 384 g/mol. The number of carbonyl (C=O) groups is 1. The van der Waals surface area contributed by atoms with Crippen LogP contribution in [-0.4, -0.2) is 41.0 Å². The maximum absolute atomic E-state index is 14.7. The molecule has 0 bridgehead atoms. The zero-order chi connectivity index (χ0) is 19.7. The summed E-state index contributed by atoms with van der Waals surface area (Å²) in [7, 11) is 0. The van der Waals surface area contributed by atoms with E-state index >= 15 is 0 Å². The smallest absolute Gasteiger partial charge is 0.169 e. The third-order valence-electron chi connectivity index (χ3n) is 5.34. The van der Waals surface area contributed by atoms with Gasteiger partial charge in [0, 0.05) is 22.8 Å². The van der Waals surface area contributed by atoms with Gasteiger partial charge in [0.25, 0.3) is 0 Å². The van der Waals surface area contributed by atoms with Crippen LogP contribution in [0.4, 0.5) is 8.78 Å². The molecule has 4 nitrogen and oxygen atoms in total. The van der Waals surface area contributed by atoms with Crippen LogP contribution in [0.25, 0.3) is 0 Å². The average Bonchev–Trinajstić information content (AvgIpc) is 3.09. The summed E-state index contributed by atoms with van der Waals surface area (Å²) in [5.74, 6) is -1.80. The molecule has 28 heavy (non-hydrogen) atoms. The lowest BCUT2D eigenvalue weighted by Crippen LogP contribution is -2.42. The van der Waals surface area contributed by atoms with Gasteiger partial charge in [-0.1, -0.05) is 42.5 Å². The van der Waals surface area contributed by atoms with Gasteiger partial charge in [0.1, 0.15) is 5.54 Å². The fourth-order valence-corrected chi connectivity index (χ4v) is 5.20. The first kappa shape index (κ1) is 19.2. The van der Waals surface area contributed by atoms with Crippen molar-refractivity contribution in [1.82, 2.24) is 0 Å². The number of aliphatic hydroxyl groups is 1. The van der Waals surface area contributed by atoms with E-state index < -0.39 is 23.3 Å². The normalized spacial score (nSPS) is 26.6. The van der Waals surface area contributed by atoms with Crippen LogP contribution in [0.1, 0.15) is 22.3 Å². The summed E-state index contributed by atoms with van der Waals surface area (Å²) in [6.07, 6.45) is -0.422. The highest BCUT2D eigenvalue weighted by Gasteiger charge is 2.54. The Hall–Kier alpha value is -2.09. The molecule has 0 amide bonds. The minimum atomic E-state index is -1.14. The molecule has 2 aliphatic rings. The molecule has 0 saturated carbocycles. The summed E-state index contributed by atoms with van der Waals surface area (Å²) in [6, 6.07) is 12.9. The number of hydrogen-bond acceptors (Lipinski definition) is 5. The Kier molecular flexibility index (Phi) is 5.31. The van der Waals surface area contributed by atoms with Gasteiger partial charge >= 0.3 is 0 Å². The highest BCUT2D eigenvalue weighted by atomic mass is 32.2. The van der Waals surface area contributed by atoms with Crippen molar-refractivity contribution in [2.45, 2.75) is 18.1 Å². The van der Waals surface area contributed by atoms with Crippen molar-refractivity contribution >= 4 is 22.6 Å². The molecule has 0 radical (unpaired) electrons. The van der Waals surface area contributed by atoms with Gasteiger partial charge < -0.3 is 9.84 Å². The van der Waals surface area contributed by atoms with Crippen LogP contribution in [0.5, 0.6) is 0 Å². The second kappa shape index (κ2) is 7.73. The molecule has 2 heterocycles. The van der Waals surface area contributed by atoms with E-state index in [4.69, 9.17) is 9.73 Å². The van der Waals surface area contributed by atoms with Crippen molar-refractivity contribution in [3.63, 3.8) is 0 Å². The predicted octanol–water partition coefficient (Wildman–Crippen LogP) is 3.59. The number of halogens is 2. The first-order valence-electron chi connectivity index (χ1n) is 9.02. The van der Waals surface area contributed by atoms with Gasteiger partial charge in [-0.2, -0.15) is 0 Å². The Morgan fingerprint density at radius 2 is 2.00 bits per heavy atom. The average molecular weight is 403 g/mol. The van der Waals surface area contributed by atoms with Crippen LogP contribution in [0.3, 0.4) is 0 Å². The SMILES string of the molecule is O=C(CC1=N[C@@]2(c3cccc(F)c3F)CO[C@H](CO)[C@H]2CS1)c1ccccc1. The van der Waals surface area contributed by atoms with Crippen LogP contribution in [0.2, 0.25) is 0 Å². The minimum Gasteiger partial charge on any atom is -0.394 e. The summed E-state index contributed by atoms with van der Waals surface area (Å²) in [6.45, 7) is -0.190. The molecule has 0 aliphatic carbocycles. The molecular formula is C21H19F2NO3S. The monoisotopic (exact) mass is 403 g/mol.